The highest BCUT2D eigenvalue weighted by atomic mass is 35.5. The number of rotatable bonds is 2. The zero-order chi connectivity index (χ0) is 15.8. The van der Waals surface area contributed by atoms with E-state index < -0.39 is 0 Å². The minimum atomic E-state index is 0.0415. The number of aromatic nitrogens is 3. The fraction of sp³-hybridized carbons (Fsp3) is 0.250. The molecule has 118 valence electrons. The number of nitrogens with zero attached hydrogens (tertiary/aromatic N) is 2. The molecule has 0 saturated heterocycles. The lowest BCUT2D eigenvalue weighted by Crippen LogP contribution is -2.30. The van der Waals surface area contributed by atoms with Crippen molar-refractivity contribution in [2.75, 3.05) is 6.54 Å². The van der Waals surface area contributed by atoms with Crippen molar-refractivity contribution in [2.24, 2.45) is 0 Å². The van der Waals surface area contributed by atoms with Crippen molar-refractivity contribution in [1.29, 1.82) is 0 Å². The highest BCUT2D eigenvalue weighted by molar-refractivity contribution is 7.19. The third kappa shape index (κ3) is 2.68. The molecule has 4 rings (SSSR count). The number of carbonyl (C=O) groups is 1. The monoisotopic (exact) mass is 346 g/mol. The van der Waals surface area contributed by atoms with Gasteiger partial charge in [0, 0.05) is 47.2 Å². The molecule has 0 atom stereocenters. The molecular weight excluding hydrogens is 332 g/mol. The molecule has 0 saturated carbocycles. The van der Waals surface area contributed by atoms with Crippen LogP contribution >= 0.6 is 22.9 Å². The third-order valence-corrected chi connectivity index (χ3v) is 5.39. The zero-order valence-electron chi connectivity index (χ0n) is 12.3. The predicted molar refractivity (Wildman–Crippen MR) is 90.8 cm³/mol. The minimum Gasteiger partial charge on any atom is -0.366 e. The second kappa shape index (κ2) is 5.86. The molecule has 2 N–H and O–H groups in total. The van der Waals surface area contributed by atoms with Crippen LogP contribution < -0.4 is 0 Å². The fourth-order valence-corrected chi connectivity index (χ4v) is 4.04. The number of hydrogen-bond acceptors (Lipinski definition) is 3. The molecule has 0 radical (unpaired) electrons. The van der Waals surface area contributed by atoms with Gasteiger partial charge in [0.05, 0.1) is 16.1 Å². The number of amides is 1. The van der Waals surface area contributed by atoms with Crippen LogP contribution in [0, 0.1) is 0 Å². The number of carbonyl (C=O) groups excluding carboxylic acids is 1. The zero-order valence-corrected chi connectivity index (χ0v) is 13.9. The Bertz CT molecular complexity index is 850. The topological polar surface area (TPSA) is 64.8 Å². The molecule has 4 heterocycles. The van der Waals surface area contributed by atoms with E-state index in [-0.39, 0.29) is 5.91 Å². The first-order chi connectivity index (χ1) is 11.2. The van der Waals surface area contributed by atoms with Crippen molar-refractivity contribution in [3.8, 4) is 10.4 Å². The Morgan fingerprint density at radius 1 is 1.35 bits per heavy atom. The molecule has 3 aromatic heterocycles. The van der Waals surface area contributed by atoms with Gasteiger partial charge in [-0.1, -0.05) is 11.6 Å². The summed E-state index contributed by atoms with van der Waals surface area (Å²) in [5.41, 5.74) is 3.84. The lowest BCUT2D eigenvalue weighted by atomic mass is 10.1. The second-order valence-corrected chi connectivity index (χ2v) is 7.31. The molecule has 7 heteroatoms. The van der Waals surface area contributed by atoms with E-state index in [0.717, 1.165) is 45.4 Å². The Morgan fingerprint density at radius 2 is 2.26 bits per heavy atom. The predicted octanol–water partition coefficient (Wildman–Crippen LogP) is 3.71. The maximum Gasteiger partial charge on any atom is 0.256 e. The van der Waals surface area contributed by atoms with Gasteiger partial charge in [-0.2, -0.15) is 5.10 Å². The number of hydrogen-bond donors (Lipinski definition) is 2. The van der Waals surface area contributed by atoms with Crippen LogP contribution in [-0.4, -0.2) is 32.5 Å². The maximum absolute atomic E-state index is 13.0. The Morgan fingerprint density at radius 3 is 3.09 bits per heavy atom. The average Bonchev–Trinajstić information content (AvgIpc) is 3.25. The summed E-state index contributed by atoms with van der Waals surface area (Å²) in [5, 5.41) is 7.11. The van der Waals surface area contributed by atoms with Crippen LogP contribution in [0.3, 0.4) is 0 Å². The van der Waals surface area contributed by atoms with E-state index in [4.69, 9.17) is 11.6 Å². The summed E-state index contributed by atoms with van der Waals surface area (Å²) in [5.74, 6) is 0.0415. The van der Waals surface area contributed by atoms with Crippen LogP contribution in [0.5, 0.6) is 0 Å². The Labute approximate surface area is 142 Å². The molecule has 23 heavy (non-hydrogen) atoms. The van der Waals surface area contributed by atoms with E-state index in [1.54, 1.807) is 6.20 Å². The molecule has 0 unspecified atom stereocenters. The highest BCUT2D eigenvalue weighted by Gasteiger charge is 2.24. The minimum absolute atomic E-state index is 0.0415. The van der Waals surface area contributed by atoms with Gasteiger partial charge in [0.1, 0.15) is 0 Å². The van der Waals surface area contributed by atoms with E-state index >= 15 is 0 Å². The summed E-state index contributed by atoms with van der Waals surface area (Å²) in [4.78, 5) is 18.9. The quantitative estimate of drug-likeness (QED) is 0.743. The van der Waals surface area contributed by atoms with Crippen molar-refractivity contribution in [2.45, 2.75) is 19.4 Å². The number of aromatic amines is 2. The molecule has 0 aromatic carbocycles. The van der Waals surface area contributed by atoms with Crippen molar-refractivity contribution < 1.29 is 4.79 Å². The molecule has 1 aliphatic heterocycles. The number of fused-ring (bicyclic) bond motifs is 1. The largest absolute Gasteiger partial charge is 0.366 e. The fourth-order valence-electron chi connectivity index (χ4n) is 2.97. The molecule has 0 spiro atoms. The van der Waals surface area contributed by atoms with Crippen LogP contribution in [0.15, 0.2) is 30.7 Å². The number of aryl methyl sites for hydroxylation is 1. The number of nitrogens with one attached hydrogen (secondary N) is 2. The summed E-state index contributed by atoms with van der Waals surface area (Å²) in [7, 11) is 0. The highest BCUT2D eigenvalue weighted by Crippen LogP contribution is 2.34. The van der Waals surface area contributed by atoms with Gasteiger partial charge in [-0.3, -0.25) is 9.89 Å². The number of halogens is 1. The van der Waals surface area contributed by atoms with Crippen LogP contribution in [0.2, 0.25) is 4.34 Å². The molecule has 0 fully saturated rings. The summed E-state index contributed by atoms with van der Waals surface area (Å²) < 4.78 is 0.720. The van der Waals surface area contributed by atoms with Gasteiger partial charge in [0.25, 0.3) is 5.91 Å². The van der Waals surface area contributed by atoms with Gasteiger partial charge >= 0.3 is 0 Å². The van der Waals surface area contributed by atoms with Crippen LogP contribution in [-0.2, 0) is 13.0 Å². The van der Waals surface area contributed by atoms with Crippen LogP contribution in [0.4, 0.5) is 0 Å². The lowest BCUT2D eigenvalue weighted by molar-refractivity contribution is 0.0747. The molecule has 0 aliphatic carbocycles. The number of thiophene rings is 1. The Balaban J connectivity index is 1.64. The Kier molecular flexibility index (Phi) is 3.71. The Hall–Kier alpha value is -2.05. The van der Waals surface area contributed by atoms with Gasteiger partial charge < -0.3 is 9.88 Å². The van der Waals surface area contributed by atoms with E-state index in [1.165, 1.54) is 11.3 Å². The van der Waals surface area contributed by atoms with E-state index in [1.807, 2.05) is 29.4 Å². The summed E-state index contributed by atoms with van der Waals surface area (Å²) in [6.45, 7) is 1.34. The first-order valence-electron chi connectivity index (χ1n) is 7.45. The van der Waals surface area contributed by atoms with Gasteiger partial charge in [-0.25, -0.2) is 0 Å². The summed E-state index contributed by atoms with van der Waals surface area (Å²) in [6, 6.07) is 3.80. The van der Waals surface area contributed by atoms with Crippen molar-refractivity contribution in [1.82, 2.24) is 20.1 Å². The molecule has 5 nitrogen and oxygen atoms in total. The van der Waals surface area contributed by atoms with Crippen LogP contribution in [0.1, 0.15) is 28.0 Å². The van der Waals surface area contributed by atoms with Crippen molar-refractivity contribution in [3.05, 3.63) is 51.9 Å². The molecule has 3 aromatic rings. The second-order valence-electron chi connectivity index (χ2n) is 5.59. The van der Waals surface area contributed by atoms with E-state index in [9.17, 15) is 4.79 Å². The maximum atomic E-state index is 13.0. The summed E-state index contributed by atoms with van der Waals surface area (Å²) in [6.07, 6.45) is 7.31. The summed E-state index contributed by atoms with van der Waals surface area (Å²) >= 11 is 7.50. The smallest absolute Gasteiger partial charge is 0.256 e. The molecule has 1 aliphatic rings. The van der Waals surface area contributed by atoms with Crippen LogP contribution in [0.25, 0.3) is 10.4 Å². The molecular formula is C16H15ClN4OS. The van der Waals surface area contributed by atoms with E-state index in [2.05, 4.69) is 15.2 Å². The number of H-pyrrole nitrogens is 2. The van der Waals surface area contributed by atoms with Gasteiger partial charge in [0.2, 0.25) is 0 Å². The third-order valence-electron chi connectivity index (χ3n) is 4.13. The first kappa shape index (κ1) is 14.5. The van der Waals surface area contributed by atoms with Gasteiger partial charge in [-0.15, -0.1) is 11.3 Å². The van der Waals surface area contributed by atoms with Crippen molar-refractivity contribution >= 4 is 28.8 Å². The SMILES string of the molecule is O=C(c1c[nH]cc1-c1ccc(Cl)s1)N1CCCc2[nH]ncc2C1. The van der Waals surface area contributed by atoms with Crippen molar-refractivity contribution in [3.63, 3.8) is 0 Å². The normalized spacial score (nSPS) is 14.6. The van der Waals surface area contributed by atoms with Gasteiger partial charge in [-0.05, 0) is 25.0 Å². The van der Waals surface area contributed by atoms with E-state index in [0.29, 0.717) is 12.1 Å². The van der Waals surface area contributed by atoms with Gasteiger partial charge in [0.15, 0.2) is 0 Å². The lowest BCUT2D eigenvalue weighted by Gasteiger charge is -2.20. The first-order valence-corrected chi connectivity index (χ1v) is 8.64. The molecule has 1 amide bonds. The molecule has 0 bridgehead atoms. The average molecular weight is 347 g/mol. The standard InChI is InChI=1S/C16H15ClN4OS/c17-15-4-3-14(23-15)11-7-18-8-12(11)16(22)21-5-1-2-13-10(9-21)6-19-20-13/h3-4,6-8,18H,1-2,5,9H2,(H,19,20).